The molecule has 1 aromatic rings. The monoisotopic (exact) mass is 367 g/mol. The van der Waals surface area contributed by atoms with Gasteiger partial charge in [0.05, 0.1) is 41.0 Å². The molecular formula is C19H31N2O5+. The van der Waals surface area contributed by atoms with Crippen molar-refractivity contribution in [2.75, 3.05) is 54.7 Å². The molecule has 2 N–H and O–H groups in total. The molecule has 1 amide bonds. The van der Waals surface area contributed by atoms with Gasteiger partial charge in [0.1, 0.15) is 6.54 Å². The van der Waals surface area contributed by atoms with Gasteiger partial charge in [0.15, 0.2) is 11.5 Å². The number of piperidine rings is 1. The minimum absolute atomic E-state index is 0.107. The molecule has 1 aromatic carbocycles. The van der Waals surface area contributed by atoms with E-state index in [1.807, 2.05) is 12.1 Å². The van der Waals surface area contributed by atoms with E-state index in [1.54, 1.807) is 28.4 Å². The summed E-state index contributed by atoms with van der Waals surface area (Å²) in [5, 5.41) is 2.94. The molecule has 1 aliphatic heterocycles. The fourth-order valence-electron chi connectivity index (χ4n) is 3.41. The molecule has 0 radical (unpaired) electrons. The highest BCUT2D eigenvalue weighted by atomic mass is 16.5. The normalized spacial score (nSPS) is 19.7. The van der Waals surface area contributed by atoms with E-state index in [-0.39, 0.29) is 11.8 Å². The molecule has 1 saturated heterocycles. The van der Waals surface area contributed by atoms with Gasteiger partial charge in [-0.2, -0.15) is 0 Å². The number of nitrogens with one attached hydrogen (secondary N) is 2. The van der Waals surface area contributed by atoms with E-state index < -0.39 is 0 Å². The largest absolute Gasteiger partial charge is 0.493 e. The van der Waals surface area contributed by atoms with Gasteiger partial charge in [-0.15, -0.1) is 0 Å². The Kier molecular flexibility index (Phi) is 8.00. The van der Waals surface area contributed by atoms with Gasteiger partial charge in [-0.25, -0.2) is 0 Å². The van der Waals surface area contributed by atoms with Crippen molar-refractivity contribution in [3.05, 3.63) is 17.7 Å². The quantitative estimate of drug-likeness (QED) is 0.613. The molecule has 0 aliphatic carbocycles. The molecule has 1 heterocycles. The Morgan fingerprint density at radius 3 is 2.19 bits per heavy atom. The molecular weight excluding hydrogens is 336 g/mol. The number of hydrogen-bond donors (Lipinski definition) is 2. The zero-order valence-electron chi connectivity index (χ0n) is 16.2. The summed E-state index contributed by atoms with van der Waals surface area (Å²) in [6, 6.07) is 4.00. The highest BCUT2D eigenvalue weighted by Gasteiger charge is 2.27. The van der Waals surface area contributed by atoms with Gasteiger partial charge in [-0.1, -0.05) is 0 Å². The number of carbonyl (C=O) groups excluding carboxylic acids is 1. The summed E-state index contributed by atoms with van der Waals surface area (Å²) < 4.78 is 21.2. The molecule has 0 saturated carbocycles. The first-order valence-electron chi connectivity index (χ1n) is 9.02. The van der Waals surface area contributed by atoms with Crippen molar-refractivity contribution >= 4 is 5.91 Å². The minimum atomic E-state index is 0.107. The number of ether oxygens (including phenoxy) is 4. The summed E-state index contributed by atoms with van der Waals surface area (Å²) in [5.74, 6) is 2.21. The molecule has 0 unspecified atom stereocenters. The Morgan fingerprint density at radius 2 is 1.69 bits per heavy atom. The summed E-state index contributed by atoms with van der Waals surface area (Å²) in [6.45, 7) is 3.94. The lowest BCUT2D eigenvalue weighted by molar-refractivity contribution is -0.919. The molecule has 0 atom stereocenters. The van der Waals surface area contributed by atoms with Crippen LogP contribution in [0.15, 0.2) is 12.1 Å². The van der Waals surface area contributed by atoms with Gasteiger partial charge in [-0.3, -0.25) is 4.79 Å². The van der Waals surface area contributed by atoms with Crippen molar-refractivity contribution in [1.82, 2.24) is 5.32 Å². The summed E-state index contributed by atoms with van der Waals surface area (Å²) in [7, 11) is 6.49. The maximum Gasteiger partial charge on any atom is 0.223 e. The van der Waals surface area contributed by atoms with Gasteiger partial charge >= 0.3 is 0 Å². The first kappa shape index (κ1) is 20.3. The Hall–Kier alpha value is -1.99. The van der Waals surface area contributed by atoms with E-state index in [1.165, 1.54) is 4.90 Å². The summed E-state index contributed by atoms with van der Waals surface area (Å²) in [6.07, 6.45) is 1.80. The number of quaternary nitrogens is 1. The fourth-order valence-corrected chi connectivity index (χ4v) is 3.41. The molecule has 2 rings (SSSR count). The van der Waals surface area contributed by atoms with Crippen LogP contribution in [0.1, 0.15) is 18.4 Å². The third-order valence-electron chi connectivity index (χ3n) is 4.85. The third-order valence-corrected chi connectivity index (χ3v) is 4.85. The van der Waals surface area contributed by atoms with Crippen molar-refractivity contribution in [2.24, 2.45) is 5.92 Å². The van der Waals surface area contributed by atoms with Crippen LogP contribution in [0.4, 0.5) is 0 Å². The molecule has 26 heavy (non-hydrogen) atoms. The maximum atomic E-state index is 12.2. The van der Waals surface area contributed by atoms with Gasteiger partial charge in [0.2, 0.25) is 11.7 Å². The minimum Gasteiger partial charge on any atom is -0.493 e. The fraction of sp³-hybridized carbons (Fsp3) is 0.632. The van der Waals surface area contributed by atoms with Crippen LogP contribution in [0.25, 0.3) is 0 Å². The third kappa shape index (κ3) is 5.25. The van der Waals surface area contributed by atoms with Gasteiger partial charge in [-0.05, 0) is 12.1 Å². The zero-order chi connectivity index (χ0) is 18.9. The van der Waals surface area contributed by atoms with Crippen LogP contribution < -0.4 is 24.4 Å². The molecule has 7 heteroatoms. The highest BCUT2D eigenvalue weighted by Crippen LogP contribution is 2.38. The van der Waals surface area contributed by atoms with E-state index in [4.69, 9.17) is 18.9 Å². The first-order valence-corrected chi connectivity index (χ1v) is 9.02. The van der Waals surface area contributed by atoms with Crippen LogP contribution in [0.3, 0.4) is 0 Å². The number of methoxy groups -OCH3 is 4. The highest BCUT2D eigenvalue weighted by molar-refractivity contribution is 5.78. The lowest BCUT2D eigenvalue weighted by Crippen LogP contribution is -3.11. The molecule has 0 bridgehead atoms. The second-order valence-electron chi connectivity index (χ2n) is 6.52. The second-order valence-corrected chi connectivity index (χ2v) is 6.52. The van der Waals surface area contributed by atoms with Gasteiger partial charge < -0.3 is 29.2 Å². The predicted molar refractivity (Wildman–Crippen MR) is 98.1 cm³/mol. The Labute approximate surface area is 155 Å². The molecule has 7 nitrogen and oxygen atoms in total. The number of amides is 1. The molecule has 1 fully saturated rings. The first-order chi connectivity index (χ1) is 12.6. The molecule has 0 spiro atoms. The number of rotatable bonds is 9. The molecule has 0 aromatic heterocycles. The van der Waals surface area contributed by atoms with Gasteiger partial charge in [0, 0.05) is 38.0 Å². The Morgan fingerprint density at radius 1 is 1.08 bits per heavy atom. The SMILES string of the molecule is COCCNC(=O)C1CC[NH+](Cc2cc(OC)c(OC)c(OC)c2)CC1. The van der Waals surface area contributed by atoms with Crippen LogP contribution in [-0.2, 0) is 16.1 Å². The number of carbonyl (C=O) groups is 1. The van der Waals surface area contributed by atoms with E-state index in [0.717, 1.165) is 38.0 Å². The van der Waals surface area contributed by atoms with E-state index >= 15 is 0 Å². The topological polar surface area (TPSA) is 70.5 Å². The summed E-state index contributed by atoms with van der Waals surface area (Å²) in [4.78, 5) is 13.6. The van der Waals surface area contributed by atoms with Gasteiger partial charge in [0.25, 0.3) is 0 Å². The van der Waals surface area contributed by atoms with E-state index in [0.29, 0.717) is 30.4 Å². The lowest BCUT2D eigenvalue weighted by atomic mass is 9.95. The average molecular weight is 367 g/mol. The lowest BCUT2D eigenvalue weighted by Gasteiger charge is -2.29. The average Bonchev–Trinajstić information content (AvgIpc) is 2.67. The predicted octanol–water partition coefficient (Wildman–Crippen LogP) is 0.270. The summed E-state index contributed by atoms with van der Waals surface area (Å²) in [5.41, 5.74) is 1.14. The van der Waals surface area contributed by atoms with Crippen LogP contribution in [0.5, 0.6) is 17.2 Å². The Balaban J connectivity index is 1.92. The number of benzene rings is 1. The number of likely N-dealkylation sites (tertiary alicyclic amines) is 1. The second kappa shape index (κ2) is 10.2. The van der Waals surface area contributed by atoms with Crippen LogP contribution in [0, 0.1) is 5.92 Å². The maximum absolute atomic E-state index is 12.2. The molecule has 1 aliphatic rings. The molecule has 146 valence electrons. The van der Waals surface area contributed by atoms with Crippen molar-refractivity contribution in [1.29, 1.82) is 0 Å². The zero-order valence-corrected chi connectivity index (χ0v) is 16.2. The van der Waals surface area contributed by atoms with E-state index in [9.17, 15) is 4.79 Å². The van der Waals surface area contributed by atoms with Crippen LogP contribution in [0.2, 0.25) is 0 Å². The Bertz CT molecular complexity index is 560. The van der Waals surface area contributed by atoms with Crippen molar-refractivity contribution in [3.63, 3.8) is 0 Å². The van der Waals surface area contributed by atoms with Crippen LogP contribution in [-0.4, -0.2) is 60.6 Å². The number of hydrogen-bond acceptors (Lipinski definition) is 5. The van der Waals surface area contributed by atoms with E-state index in [2.05, 4.69) is 5.32 Å². The summed E-state index contributed by atoms with van der Waals surface area (Å²) >= 11 is 0. The van der Waals surface area contributed by atoms with Crippen molar-refractivity contribution in [2.45, 2.75) is 19.4 Å². The smallest absolute Gasteiger partial charge is 0.223 e. The van der Waals surface area contributed by atoms with Crippen LogP contribution >= 0.6 is 0 Å². The van der Waals surface area contributed by atoms with Crippen molar-refractivity contribution < 1.29 is 28.6 Å². The standard InChI is InChI=1S/C19H30N2O5/c1-23-10-7-20-19(22)15-5-8-21(9-6-15)13-14-11-16(24-2)18(26-4)17(12-14)25-3/h11-12,15H,5-10,13H2,1-4H3,(H,20,22)/p+1. The van der Waals surface area contributed by atoms with Crippen molar-refractivity contribution in [3.8, 4) is 17.2 Å².